The molecule has 94 valence electrons. The van der Waals surface area contributed by atoms with Crippen LogP contribution < -0.4 is 0 Å². The van der Waals surface area contributed by atoms with Crippen LogP contribution in [0.15, 0.2) is 24.3 Å². The molecule has 1 aromatic rings. The smallest absolute Gasteiger partial charge is 0.0700 e. The summed E-state index contributed by atoms with van der Waals surface area (Å²) in [6.07, 6.45) is 0.966. The minimum absolute atomic E-state index is 0.216. The Labute approximate surface area is 108 Å². The van der Waals surface area contributed by atoms with E-state index >= 15 is 0 Å². The second-order valence-electron chi connectivity index (χ2n) is 5.64. The van der Waals surface area contributed by atoms with Crippen LogP contribution in [-0.4, -0.2) is 35.7 Å². The maximum Gasteiger partial charge on any atom is 0.0700 e. The molecule has 0 amide bonds. The molecule has 17 heavy (non-hydrogen) atoms. The molecule has 0 radical (unpaired) electrons. The van der Waals surface area contributed by atoms with Gasteiger partial charge in [0.25, 0.3) is 0 Å². The molecule has 1 saturated heterocycles. The van der Waals surface area contributed by atoms with Crippen molar-refractivity contribution in [3.8, 4) is 0 Å². The van der Waals surface area contributed by atoms with Crippen LogP contribution in [0.5, 0.6) is 0 Å². The van der Waals surface area contributed by atoms with Crippen LogP contribution in [0.1, 0.15) is 25.8 Å². The van der Waals surface area contributed by atoms with Gasteiger partial charge in [-0.25, -0.2) is 0 Å². The van der Waals surface area contributed by atoms with E-state index in [2.05, 4.69) is 18.0 Å². The molecule has 1 atom stereocenters. The SMILES string of the molecule is CN1CC[C@@](c2cccc(Cl)c2)(C(C)(C)O)C1. The Morgan fingerprint density at radius 3 is 2.59 bits per heavy atom. The Morgan fingerprint density at radius 2 is 2.12 bits per heavy atom. The van der Waals surface area contributed by atoms with Crippen molar-refractivity contribution in [2.24, 2.45) is 0 Å². The lowest BCUT2D eigenvalue weighted by Crippen LogP contribution is -2.49. The summed E-state index contributed by atoms with van der Waals surface area (Å²) in [5.41, 5.74) is 0.177. The predicted molar refractivity (Wildman–Crippen MR) is 71.5 cm³/mol. The standard InChI is InChI=1S/C14H20ClNO/c1-13(2,17)14(7-8-16(3)10-14)11-5-4-6-12(15)9-11/h4-6,9,17H,7-8,10H2,1-3H3/t14-/m1/s1. The number of benzene rings is 1. The first-order valence-corrected chi connectivity index (χ1v) is 6.40. The first-order chi connectivity index (χ1) is 7.85. The molecule has 3 heteroatoms. The van der Waals surface area contributed by atoms with Crippen LogP contribution in [-0.2, 0) is 5.41 Å². The maximum absolute atomic E-state index is 10.6. The number of aliphatic hydroxyl groups is 1. The zero-order chi connectivity index (χ0) is 12.7. The Bertz CT molecular complexity index is 413. The Morgan fingerprint density at radius 1 is 1.41 bits per heavy atom. The highest BCUT2D eigenvalue weighted by Crippen LogP contribution is 2.43. The molecule has 0 aromatic heterocycles. The van der Waals surface area contributed by atoms with Gasteiger partial charge in [0.05, 0.1) is 5.60 Å². The van der Waals surface area contributed by atoms with E-state index in [0.717, 1.165) is 30.1 Å². The largest absolute Gasteiger partial charge is 0.389 e. The summed E-state index contributed by atoms with van der Waals surface area (Å²) in [4.78, 5) is 2.26. The second-order valence-corrected chi connectivity index (χ2v) is 6.08. The maximum atomic E-state index is 10.6. The van der Waals surface area contributed by atoms with E-state index in [1.807, 2.05) is 32.0 Å². The van der Waals surface area contributed by atoms with Crippen molar-refractivity contribution in [3.05, 3.63) is 34.9 Å². The van der Waals surface area contributed by atoms with E-state index in [0.29, 0.717) is 0 Å². The van der Waals surface area contributed by atoms with E-state index < -0.39 is 5.60 Å². The van der Waals surface area contributed by atoms with Gasteiger partial charge >= 0.3 is 0 Å². The van der Waals surface area contributed by atoms with Crippen LogP contribution in [0.3, 0.4) is 0 Å². The summed E-state index contributed by atoms with van der Waals surface area (Å²) in [5, 5.41) is 11.3. The molecular formula is C14H20ClNO. The van der Waals surface area contributed by atoms with Crippen molar-refractivity contribution in [1.82, 2.24) is 4.90 Å². The van der Waals surface area contributed by atoms with Gasteiger partial charge in [-0.2, -0.15) is 0 Å². The summed E-state index contributed by atoms with van der Waals surface area (Å²) >= 11 is 6.08. The number of rotatable bonds is 2. The fourth-order valence-corrected chi connectivity index (χ4v) is 3.07. The topological polar surface area (TPSA) is 23.5 Å². The molecule has 2 nitrogen and oxygen atoms in total. The van der Waals surface area contributed by atoms with Crippen molar-refractivity contribution >= 4 is 11.6 Å². The van der Waals surface area contributed by atoms with E-state index in [1.54, 1.807) is 0 Å². The Balaban J connectivity index is 2.49. The van der Waals surface area contributed by atoms with Gasteiger partial charge in [0.2, 0.25) is 0 Å². The van der Waals surface area contributed by atoms with Crippen molar-refractivity contribution < 1.29 is 5.11 Å². The number of hydrogen-bond acceptors (Lipinski definition) is 2. The first kappa shape index (κ1) is 12.9. The van der Waals surface area contributed by atoms with E-state index in [1.165, 1.54) is 0 Å². The van der Waals surface area contributed by atoms with E-state index in [-0.39, 0.29) is 5.41 Å². The molecule has 1 fully saturated rings. The molecule has 0 saturated carbocycles. The summed E-state index contributed by atoms with van der Waals surface area (Å²) in [7, 11) is 2.10. The number of likely N-dealkylation sites (N-methyl/N-ethyl adjacent to an activating group) is 1. The lowest BCUT2D eigenvalue weighted by molar-refractivity contribution is -0.00249. The monoisotopic (exact) mass is 253 g/mol. The summed E-state index contributed by atoms with van der Waals surface area (Å²) in [5.74, 6) is 0. The summed E-state index contributed by atoms with van der Waals surface area (Å²) in [6.45, 7) is 5.67. The average molecular weight is 254 g/mol. The average Bonchev–Trinajstić information content (AvgIpc) is 2.61. The van der Waals surface area contributed by atoms with Gasteiger partial charge < -0.3 is 10.0 Å². The van der Waals surface area contributed by atoms with Crippen molar-refractivity contribution in [2.45, 2.75) is 31.3 Å². The third kappa shape index (κ3) is 2.22. The predicted octanol–water partition coefficient (Wildman–Crippen LogP) is 2.68. The van der Waals surface area contributed by atoms with Crippen molar-refractivity contribution in [2.75, 3.05) is 20.1 Å². The van der Waals surface area contributed by atoms with Crippen molar-refractivity contribution in [3.63, 3.8) is 0 Å². The lowest BCUT2D eigenvalue weighted by Gasteiger charge is -2.41. The van der Waals surface area contributed by atoms with Crippen LogP contribution in [0, 0.1) is 0 Å². The summed E-state index contributed by atoms with van der Waals surface area (Å²) < 4.78 is 0. The van der Waals surface area contributed by atoms with Crippen LogP contribution in [0.25, 0.3) is 0 Å². The number of hydrogen-bond donors (Lipinski definition) is 1. The molecule has 0 aliphatic carbocycles. The molecule has 0 unspecified atom stereocenters. The van der Waals surface area contributed by atoms with Gasteiger partial charge in [-0.3, -0.25) is 0 Å². The van der Waals surface area contributed by atoms with Gasteiger partial charge in [0.1, 0.15) is 0 Å². The van der Waals surface area contributed by atoms with Gasteiger partial charge in [-0.15, -0.1) is 0 Å². The number of likely N-dealkylation sites (tertiary alicyclic amines) is 1. The van der Waals surface area contributed by atoms with Gasteiger partial charge in [-0.1, -0.05) is 23.7 Å². The molecule has 0 bridgehead atoms. The first-order valence-electron chi connectivity index (χ1n) is 6.02. The third-order valence-corrected chi connectivity index (χ3v) is 4.24. The van der Waals surface area contributed by atoms with Crippen LogP contribution >= 0.6 is 11.6 Å². The molecule has 1 N–H and O–H groups in total. The van der Waals surface area contributed by atoms with Gasteiger partial charge in [0.15, 0.2) is 0 Å². The Hall–Kier alpha value is -0.570. The highest BCUT2D eigenvalue weighted by Gasteiger charge is 2.49. The summed E-state index contributed by atoms with van der Waals surface area (Å²) in [6, 6.07) is 7.90. The van der Waals surface area contributed by atoms with E-state index in [4.69, 9.17) is 11.6 Å². The zero-order valence-corrected chi connectivity index (χ0v) is 11.5. The fraction of sp³-hybridized carbons (Fsp3) is 0.571. The van der Waals surface area contributed by atoms with Crippen molar-refractivity contribution in [1.29, 1.82) is 0 Å². The normalized spacial score (nSPS) is 26.4. The molecule has 1 aliphatic rings. The quantitative estimate of drug-likeness (QED) is 0.876. The minimum Gasteiger partial charge on any atom is -0.389 e. The number of nitrogens with zero attached hydrogens (tertiary/aromatic N) is 1. The lowest BCUT2D eigenvalue weighted by atomic mass is 9.68. The molecular weight excluding hydrogens is 234 g/mol. The van der Waals surface area contributed by atoms with Gasteiger partial charge in [-0.05, 0) is 51.6 Å². The van der Waals surface area contributed by atoms with Crippen LogP contribution in [0.2, 0.25) is 5.02 Å². The fourth-order valence-electron chi connectivity index (χ4n) is 2.87. The second kappa shape index (κ2) is 4.27. The molecule has 1 aliphatic heterocycles. The molecule has 2 rings (SSSR count). The van der Waals surface area contributed by atoms with E-state index in [9.17, 15) is 5.11 Å². The minimum atomic E-state index is -0.748. The van der Waals surface area contributed by atoms with Gasteiger partial charge in [0, 0.05) is 17.0 Å². The molecule has 0 spiro atoms. The highest BCUT2D eigenvalue weighted by molar-refractivity contribution is 6.30. The highest BCUT2D eigenvalue weighted by atomic mass is 35.5. The zero-order valence-electron chi connectivity index (χ0n) is 10.7. The van der Waals surface area contributed by atoms with Crippen LogP contribution in [0.4, 0.5) is 0 Å². The molecule has 1 aromatic carbocycles. The molecule has 1 heterocycles. The third-order valence-electron chi connectivity index (χ3n) is 4.01. The number of halogens is 1. The Kier molecular flexibility index (Phi) is 3.23.